The van der Waals surface area contributed by atoms with Crippen LogP contribution in [0.1, 0.15) is 0 Å². The molecule has 0 radical (unpaired) electrons. The van der Waals surface area contributed by atoms with E-state index in [9.17, 15) is 8.42 Å². The lowest BCUT2D eigenvalue weighted by Gasteiger charge is -2.31. The van der Waals surface area contributed by atoms with E-state index in [0.717, 1.165) is 13.1 Å². The molecule has 8 heteroatoms. The minimum Gasteiger partial charge on any atom is -0.376 e. The van der Waals surface area contributed by atoms with Gasteiger partial charge in [-0.2, -0.15) is 4.31 Å². The molecule has 0 unspecified atom stereocenters. The molecule has 20 heavy (non-hydrogen) atoms. The molecule has 1 saturated heterocycles. The Morgan fingerprint density at radius 1 is 1.30 bits per heavy atom. The van der Waals surface area contributed by atoms with E-state index in [1.54, 1.807) is 24.3 Å². The molecule has 6 nitrogen and oxygen atoms in total. The van der Waals surface area contributed by atoms with Crippen molar-refractivity contribution >= 4 is 33.0 Å². The summed E-state index contributed by atoms with van der Waals surface area (Å²) in [6, 6.07) is 6.52. The summed E-state index contributed by atoms with van der Waals surface area (Å²) >= 11 is 4.75. The van der Waals surface area contributed by atoms with Crippen molar-refractivity contribution in [2.45, 2.75) is 4.90 Å². The highest BCUT2D eigenvalue weighted by Gasteiger charge is 2.27. The Morgan fingerprint density at radius 2 is 1.95 bits per heavy atom. The highest BCUT2D eigenvalue weighted by atomic mass is 32.2. The fourth-order valence-corrected chi connectivity index (χ4v) is 3.64. The third kappa shape index (κ3) is 3.45. The van der Waals surface area contributed by atoms with Crippen molar-refractivity contribution in [3.63, 3.8) is 0 Å². The lowest BCUT2D eigenvalue weighted by Crippen LogP contribution is -2.47. The van der Waals surface area contributed by atoms with E-state index in [1.165, 1.54) is 4.31 Å². The number of thiocarbonyl (C=S) groups is 1. The first-order valence-electron chi connectivity index (χ1n) is 6.25. The summed E-state index contributed by atoms with van der Waals surface area (Å²) in [6.07, 6.45) is 0. The molecule has 0 bridgehead atoms. The van der Waals surface area contributed by atoms with Crippen LogP contribution in [-0.4, -0.2) is 56.0 Å². The van der Waals surface area contributed by atoms with Crippen molar-refractivity contribution in [3.8, 4) is 0 Å². The van der Waals surface area contributed by atoms with Gasteiger partial charge < -0.3 is 16.0 Å². The molecule has 0 saturated carbocycles. The van der Waals surface area contributed by atoms with Gasteiger partial charge in [-0.05, 0) is 37.5 Å². The molecule has 0 amide bonds. The summed E-state index contributed by atoms with van der Waals surface area (Å²) in [4.78, 5) is 2.36. The summed E-state index contributed by atoms with van der Waals surface area (Å²) in [6.45, 7) is 2.49. The Morgan fingerprint density at radius 3 is 2.55 bits per heavy atom. The van der Waals surface area contributed by atoms with Gasteiger partial charge in [0.2, 0.25) is 10.0 Å². The average molecular weight is 314 g/mol. The summed E-state index contributed by atoms with van der Waals surface area (Å²) in [5, 5.41) is 2.86. The van der Waals surface area contributed by atoms with Crippen LogP contribution in [0.2, 0.25) is 0 Å². The molecule has 1 heterocycles. The van der Waals surface area contributed by atoms with Gasteiger partial charge in [0.15, 0.2) is 5.11 Å². The van der Waals surface area contributed by atoms with Gasteiger partial charge in [-0.3, -0.25) is 0 Å². The first-order chi connectivity index (χ1) is 9.39. The number of benzene rings is 1. The SMILES string of the molecule is CN1CCN(S(=O)(=O)c2cccc(NC(N)=S)c2)CC1. The summed E-state index contributed by atoms with van der Waals surface area (Å²) in [5.41, 5.74) is 5.97. The predicted molar refractivity (Wildman–Crippen MR) is 83.1 cm³/mol. The van der Waals surface area contributed by atoms with Gasteiger partial charge in [0.05, 0.1) is 4.90 Å². The molecule has 1 aliphatic rings. The van der Waals surface area contributed by atoms with Crippen molar-refractivity contribution in [3.05, 3.63) is 24.3 Å². The van der Waals surface area contributed by atoms with Gasteiger partial charge in [-0.25, -0.2) is 8.42 Å². The van der Waals surface area contributed by atoms with Crippen LogP contribution in [-0.2, 0) is 10.0 Å². The molecule has 1 aliphatic heterocycles. The Bertz CT molecular complexity index is 595. The lowest BCUT2D eigenvalue weighted by atomic mass is 10.3. The number of nitrogens with two attached hydrogens (primary N) is 1. The molecule has 0 spiro atoms. The normalized spacial score (nSPS) is 17.9. The Hall–Kier alpha value is -1.22. The molecular formula is C12H18N4O2S2. The van der Waals surface area contributed by atoms with Crippen molar-refractivity contribution in [1.82, 2.24) is 9.21 Å². The number of nitrogens with one attached hydrogen (secondary N) is 1. The van der Waals surface area contributed by atoms with Crippen LogP contribution < -0.4 is 11.1 Å². The highest BCUT2D eigenvalue weighted by Crippen LogP contribution is 2.20. The molecule has 1 aromatic rings. The van der Waals surface area contributed by atoms with Crippen LogP contribution in [0, 0.1) is 0 Å². The van der Waals surface area contributed by atoms with Crippen molar-refractivity contribution < 1.29 is 8.42 Å². The Balaban J connectivity index is 2.23. The van der Waals surface area contributed by atoms with Crippen molar-refractivity contribution in [2.24, 2.45) is 5.73 Å². The first kappa shape index (κ1) is 15.2. The molecule has 110 valence electrons. The topological polar surface area (TPSA) is 78.7 Å². The smallest absolute Gasteiger partial charge is 0.243 e. The first-order valence-corrected chi connectivity index (χ1v) is 8.09. The van der Waals surface area contributed by atoms with Crippen molar-refractivity contribution in [2.75, 3.05) is 38.5 Å². The van der Waals surface area contributed by atoms with Gasteiger partial charge >= 0.3 is 0 Å². The standard InChI is InChI=1S/C12H18N4O2S2/c1-15-5-7-16(8-6-15)20(17,18)11-4-2-3-10(9-11)14-12(13)19/h2-4,9H,5-8H2,1H3,(H3,13,14,19). The Labute approximate surface area is 124 Å². The van der Waals surface area contributed by atoms with Gasteiger partial charge in [0, 0.05) is 31.9 Å². The van der Waals surface area contributed by atoms with Crippen LogP contribution in [0.4, 0.5) is 5.69 Å². The zero-order valence-electron chi connectivity index (χ0n) is 11.2. The van der Waals surface area contributed by atoms with Crippen LogP contribution in [0.25, 0.3) is 0 Å². The van der Waals surface area contributed by atoms with E-state index in [2.05, 4.69) is 10.2 Å². The maximum absolute atomic E-state index is 12.5. The minimum atomic E-state index is -3.46. The third-order valence-corrected chi connectivity index (χ3v) is 5.20. The zero-order chi connectivity index (χ0) is 14.8. The molecule has 1 fully saturated rings. The number of likely N-dealkylation sites (N-methyl/N-ethyl adjacent to an activating group) is 1. The fraction of sp³-hybridized carbons (Fsp3) is 0.417. The largest absolute Gasteiger partial charge is 0.376 e. The predicted octanol–water partition coefficient (Wildman–Crippen LogP) is 0.278. The molecule has 2 rings (SSSR count). The van der Waals surface area contributed by atoms with E-state index in [1.807, 2.05) is 7.05 Å². The van der Waals surface area contributed by atoms with Crippen LogP contribution in [0.15, 0.2) is 29.2 Å². The van der Waals surface area contributed by atoms with Crippen LogP contribution in [0.3, 0.4) is 0 Å². The second-order valence-electron chi connectivity index (χ2n) is 4.72. The molecule has 0 aromatic heterocycles. The van der Waals surface area contributed by atoms with Crippen LogP contribution >= 0.6 is 12.2 Å². The van der Waals surface area contributed by atoms with E-state index < -0.39 is 10.0 Å². The average Bonchev–Trinajstić information content (AvgIpc) is 2.39. The number of anilines is 1. The quantitative estimate of drug-likeness (QED) is 0.780. The molecule has 0 atom stereocenters. The highest BCUT2D eigenvalue weighted by molar-refractivity contribution is 7.89. The molecule has 0 aliphatic carbocycles. The van der Waals surface area contributed by atoms with Gasteiger partial charge in [-0.1, -0.05) is 6.07 Å². The van der Waals surface area contributed by atoms with Gasteiger partial charge in [-0.15, -0.1) is 0 Å². The maximum atomic E-state index is 12.5. The van der Waals surface area contributed by atoms with Gasteiger partial charge in [0.1, 0.15) is 0 Å². The molecule has 3 N–H and O–H groups in total. The number of nitrogens with zero attached hydrogens (tertiary/aromatic N) is 2. The number of piperazine rings is 1. The van der Waals surface area contributed by atoms with Gasteiger partial charge in [0.25, 0.3) is 0 Å². The summed E-state index contributed by atoms with van der Waals surface area (Å²) in [5.74, 6) is 0. The fourth-order valence-electron chi connectivity index (χ4n) is 2.05. The number of hydrogen-bond donors (Lipinski definition) is 2. The number of sulfonamides is 1. The zero-order valence-corrected chi connectivity index (χ0v) is 12.9. The summed E-state index contributed by atoms with van der Waals surface area (Å²) in [7, 11) is -1.48. The third-order valence-electron chi connectivity index (χ3n) is 3.20. The maximum Gasteiger partial charge on any atom is 0.243 e. The minimum absolute atomic E-state index is 0.110. The van der Waals surface area contributed by atoms with E-state index in [0.29, 0.717) is 18.8 Å². The van der Waals surface area contributed by atoms with E-state index in [-0.39, 0.29) is 10.0 Å². The second-order valence-corrected chi connectivity index (χ2v) is 7.10. The Kier molecular flexibility index (Phi) is 4.59. The monoisotopic (exact) mass is 314 g/mol. The number of rotatable bonds is 3. The molecular weight excluding hydrogens is 296 g/mol. The second kappa shape index (κ2) is 6.04. The van der Waals surface area contributed by atoms with E-state index >= 15 is 0 Å². The number of hydrogen-bond acceptors (Lipinski definition) is 4. The van der Waals surface area contributed by atoms with Crippen molar-refractivity contribution in [1.29, 1.82) is 0 Å². The van der Waals surface area contributed by atoms with Crippen LogP contribution in [0.5, 0.6) is 0 Å². The molecule has 1 aromatic carbocycles. The summed E-state index contributed by atoms with van der Waals surface area (Å²) < 4.78 is 26.6. The van der Waals surface area contributed by atoms with E-state index in [4.69, 9.17) is 18.0 Å². The lowest BCUT2D eigenvalue weighted by molar-refractivity contribution is 0.222.